The van der Waals surface area contributed by atoms with E-state index in [1.54, 1.807) is 12.1 Å². The van der Waals surface area contributed by atoms with Gasteiger partial charge in [-0.3, -0.25) is 13.8 Å². The van der Waals surface area contributed by atoms with Crippen LogP contribution in [-0.4, -0.2) is 50.5 Å². The summed E-state index contributed by atoms with van der Waals surface area (Å²) in [5, 5.41) is 6.41. The van der Waals surface area contributed by atoms with Crippen LogP contribution in [0.4, 0.5) is 0 Å². The number of benzene rings is 1. The molecule has 33 heavy (non-hydrogen) atoms. The van der Waals surface area contributed by atoms with Crippen LogP contribution in [0.3, 0.4) is 0 Å². The average molecular weight is 474 g/mol. The summed E-state index contributed by atoms with van der Waals surface area (Å²) >= 11 is 0. The average Bonchev–Trinajstić information content (AvgIpc) is 3.52. The topological polar surface area (TPSA) is 101 Å². The highest BCUT2D eigenvalue weighted by atomic mass is 32.2. The second-order valence-electron chi connectivity index (χ2n) is 9.47. The van der Waals surface area contributed by atoms with E-state index in [-0.39, 0.29) is 29.4 Å². The molecule has 1 aromatic heterocycles. The Bertz CT molecular complexity index is 948. The minimum Gasteiger partial charge on any atom is -0.434 e. The molecular formula is C25H35N3O4S. The molecule has 3 atom stereocenters. The summed E-state index contributed by atoms with van der Waals surface area (Å²) in [5.74, 6) is 0.928. The van der Waals surface area contributed by atoms with E-state index in [0.717, 1.165) is 44.9 Å². The summed E-state index contributed by atoms with van der Waals surface area (Å²) in [6.45, 7) is 1.97. The zero-order valence-corrected chi connectivity index (χ0v) is 20.2. The molecule has 0 spiro atoms. The van der Waals surface area contributed by atoms with Crippen LogP contribution in [0.1, 0.15) is 75.4 Å². The number of carbonyl (C=O) groups is 2. The van der Waals surface area contributed by atoms with Crippen LogP contribution in [0.2, 0.25) is 0 Å². The van der Waals surface area contributed by atoms with E-state index in [4.69, 9.17) is 4.42 Å². The number of hydrogen-bond donors (Lipinski definition) is 2. The number of carbonyl (C=O) groups excluding carboxylic acids is 2. The number of rotatable bonds is 12. The van der Waals surface area contributed by atoms with Crippen LogP contribution in [0.25, 0.3) is 11.1 Å². The Balaban J connectivity index is 1.45. The van der Waals surface area contributed by atoms with E-state index < -0.39 is 22.9 Å². The molecule has 0 aliphatic heterocycles. The van der Waals surface area contributed by atoms with Crippen molar-refractivity contribution in [2.75, 3.05) is 11.5 Å². The number of ketones is 1. The van der Waals surface area contributed by atoms with E-state index in [1.165, 1.54) is 6.42 Å². The standard InChI is InChI=1S/C25H35N3O4S/c1-2-8-20(23(29)25-28-19-11-6-7-12-22(19)32-25)27-24(30)21(16-33(31)15-17-13-14-17)26-18-9-4-3-5-10-18/h6-7,11-12,17-18,20-21,26H,2-5,8-10,13-16H2,1H3,(H,27,30). The van der Waals surface area contributed by atoms with E-state index in [1.807, 2.05) is 19.1 Å². The predicted octanol–water partition coefficient (Wildman–Crippen LogP) is 3.75. The molecule has 2 aliphatic carbocycles. The van der Waals surface area contributed by atoms with Crippen LogP contribution < -0.4 is 10.6 Å². The molecule has 180 valence electrons. The molecule has 2 saturated carbocycles. The number of fused-ring (bicyclic) bond motifs is 1. The highest BCUT2D eigenvalue weighted by Crippen LogP contribution is 2.29. The maximum atomic E-state index is 13.3. The number of Topliss-reactive ketones (excluding diaryl/α,β-unsaturated/α-hetero) is 1. The van der Waals surface area contributed by atoms with Crippen LogP contribution in [-0.2, 0) is 15.6 Å². The van der Waals surface area contributed by atoms with Crippen molar-refractivity contribution in [3.8, 4) is 0 Å². The number of oxazole rings is 1. The van der Waals surface area contributed by atoms with Gasteiger partial charge in [-0.1, -0.05) is 44.7 Å². The number of amides is 1. The Morgan fingerprint density at radius 1 is 1.12 bits per heavy atom. The van der Waals surface area contributed by atoms with Gasteiger partial charge in [0.25, 0.3) is 5.89 Å². The van der Waals surface area contributed by atoms with Gasteiger partial charge >= 0.3 is 0 Å². The van der Waals surface area contributed by atoms with Crippen molar-refractivity contribution in [2.45, 2.75) is 82.8 Å². The van der Waals surface area contributed by atoms with E-state index in [9.17, 15) is 13.8 Å². The smallest absolute Gasteiger partial charge is 0.266 e. The van der Waals surface area contributed by atoms with Gasteiger partial charge in [-0.05, 0) is 50.2 Å². The van der Waals surface area contributed by atoms with Crippen molar-refractivity contribution in [3.63, 3.8) is 0 Å². The van der Waals surface area contributed by atoms with Crippen molar-refractivity contribution < 1.29 is 18.2 Å². The lowest BCUT2D eigenvalue weighted by molar-refractivity contribution is -0.123. The fourth-order valence-corrected chi connectivity index (χ4v) is 6.13. The maximum Gasteiger partial charge on any atom is 0.266 e. The molecule has 2 N–H and O–H groups in total. The first-order chi connectivity index (χ1) is 16.0. The van der Waals surface area contributed by atoms with Gasteiger partial charge in [0.1, 0.15) is 5.52 Å². The molecule has 4 rings (SSSR count). The molecule has 8 heteroatoms. The van der Waals surface area contributed by atoms with Crippen molar-refractivity contribution in [1.82, 2.24) is 15.6 Å². The van der Waals surface area contributed by atoms with Gasteiger partial charge in [-0.25, -0.2) is 4.98 Å². The van der Waals surface area contributed by atoms with Gasteiger partial charge in [0, 0.05) is 28.3 Å². The summed E-state index contributed by atoms with van der Waals surface area (Å²) in [5.41, 5.74) is 1.17. The highest BCUT2D eigenvalue weighted by molar-refractivity contribution is 7.85. The van der Waals surface area contributed by atoms with E-state index in [0.29, 0.717) is 29.2 Å². The molecule has 0 radical (unpaired) electrons. The van der Waals surface area contributed by atoms with Gasteiger partial charge in [0.15, 0.2) is 5.58 Å². The number of nitrogens with zero attached hydrogens (tertiary/aromatic N) is 1. The van der Waals surface area contributed by atoms with Crippen LogP contribution in [0.5, 0.6) is 0 Å². The minimum atomic E-state index is -1.06. The summed E-state index contributed by atoms with van der Waals surface area (Å²) in [7, 11) is -1.06. The first-order valence-electron chi connectivity index (χ1n) is 12.3. The second-order valence-corrected chi connectivity index (χ2v) is 11.0. The normalized spacial score (nSPS) is 19.8. The third-order valence-electron chi connectivity index (χ3n) is 6.54. The Kier molecular flexibility index (Phi) is 8.30. The number of hydrogen-bond acceptors (Lipinski definition) is 6. The van der Waals surface area contributed by atoms with Crippen LogP contribution >= 0.6 is 0 Å². The molecule has 0 bridgehead atoms. The molecule has 2 fully saturated rings. The van der Waals surface area contributed by atoms with Gasteiger partial charge in [-0.2, -0.15) is 0 Å². The fourth-order valence-electron chi connectivity index (χ4n) is 4.51. The van der Waals surface area contributed by atoms with Crippen LogP contribution in [0, 0.1) is 5.92 Å². The van der Waals surface area contributed by atoms with Gasteiger partial charge in [0.2, 0.25) is 11.7 Å². The van der Waals surface area contributed by atoms with Crippen molar-refractivity contribution in [2.24, 2.45) is 5.92 Å². The first kappa shape index (κ1) is 24.1. The number of aromatic nitrogens is 1. The van der Waals surface area contributed by atoms with Crippen molar-refractivity contribution in [3.05, 3.63) is 30.2 Å². The maximum absolute atomic E-state index is 13.3. The third kappa shape index (κ3) is 6.73. The molecule has 3 unspecified atom stereocenters. The number of nitrogens with one attached hydrogen (secondary N) is 2. The van der Waals surface area contributed by atoms with Gasteiger partial charge in [0.05, 0.1) is 12.1 Å². The SMILES string of the molecule is CCCC(NC(=O)C(CS(=O)CC1CC1)NC1CCCCC1)C(=O)c1nc2ccccc2o1. The molecule has 7 nitrogen and oxygen atoms in total. The largest absolute Gasteiger partial charge is 0.434 e. The highest BCUT2D eigenvalue weighted by Gasteiger charge is 2.32. The van der Waals surface area contributed by atoms with Gasteiger partial charge < -0.3 is 15.1 Å². The fraction of sp³-hybridized carbons (Fsp3) is 0.640. The summed E-state index contributed by atoms with van der Waals surface area (Å²) in [6.07, 6.45) is 9.05. The first-order valence-corrected chi connectivity index (χ1v) is 13.8. The molecule has 1 heterocycles. The molecule has 0 saturated heterocycles. The Morgan fingerprint density at radius 2 is 1.88 bits per heavy atom. The monoisotopic (exact) mass is 473 g/mol. The van der Waals surface area contributed by atoms with Crippen molar-refractivity contribution >= 4 is 33.6 Å². The lowest BCUT2D eigenvalue weighted by atomic mass is 9.95. The Labute approximate surface area is 197 Å². The third-order valence-corrected chi connectivity index (χ3v) is 8.09. The zero-order valence-electron chi connectivity index (χ0n) is 19.4. The zero-order chi connectivity index (χ0) is 23.2. The second kappa shape index (κ2) is 11.4. The molecule has 2 aromatic rings. The van der Waals surface area contributed by atoms with E-state index in [2.05, 4.69) is 15.6 Å². The molecule has 1 amide bonds. The van der Waals surface area contributed by atoms with Crippen LogP contribution in [0.15, 0.2) is 28.7 Å². The lowest BCUT2D eigenvalue weighted by Crippen LogP contribution is -2.55. The molecule has 1 aromatic carbocycles. The molecule has 2 aliphatic rings. The number of para-hydroxylation sites is 2. The Morgan fingerprint density at radius 3 is 2.58 bits per heavy atom. The lowest BCUT2D eigenvalue weighted by Gasteiger charge is -2.29. The summed E-state index contributed by atoms with van der Waals surface area (Å²) < 4.78 is 18.4. The predicted molar refractivity (Wildman–Crippen MR) is 130 cm³/mol. The van der Waals surface area contributed by atoms with Crippen molar-refractivity contribution in [1.29, 1.82) is 0 Å². The van der Waals surface area contributed by atoms with Gasteiger partial charge in [-0.15, -0.1) is 0 Å². The minimum absolute atomic E-state index is 0.0176. The summed E-state index contributed by atoms with van der Waals surface area (Å²) in [6, 6.07) is 6.20. The van der Waals surface area contributed by atoms with E-state index >= 15 is 0 Å². The summed E-state index contributed by atoms with van der Waals surface area (Å²) in [4.78, 5) is 30.8. The Hall–Kier alpha value is -2.06. The molecular weight excluding hydrogens is 438 g/mol. The quantitative estimate of drug-likeness (QED) is 0.455.